The molecular formula is C16H27N. The number of nitrogens with one attached hydrogen (secondary N) is 1. The van der Waals surface area contributed by atoms with Crippen LogP contribution in [0.15, 0.2) is 30.3 Å². The maximum atomic E-state index is 3.51. The number of hydrogen-bond acceptors (Lipinski definition) is 1. The van der Waals surface area contributed by atoms with Crippen molar-refractivity contribution >= 4 is 0 Å². The van der Waals surface area contributed by atoms with E-state index in [1.165, 1.54) is 24.8 Å². The molecule has 0 heterocycles. The third kappa shape index (κ3) is 4.51. The van der Waals surface area contributed by atoms with E-state index in [-0.39, 0.29) is 0 Å². The van der Waals surface area contributed by atoms with Gasteiger partial charge in [0.1, 0.15) is 0 Å². The van der Waals surface area contributed by atoms with Crippen molar-refractivity contribution in [2.75, 3.05) is 7.05 Å². The van der Waals surface area contributed by atoms with Gasteiger partial charge >= 0.3 is 0 Å². The molecule has 0 saturated heterocycles. The second-order valence-corrected chi connectivity index (χ2v) is 5.29. The second-order valence-electron chi connectivity index (χ2n) is 5.29. The Balaban J connectivity index is 2.70. The van der Waals surface area contributed by atoms with Crippen LogP contribution in [0.5, 0.6) is 0 Å². The average Bonchev–Trinajstić information content (AvgIpc) is 2.35. The molecule has 0 aliphatic rings. The van der Waals surface area contributed by atoms with Crippen LogP contribution < -0.4 is 5.32 Å². The Morgan fingerprint density at radius 2 is 1.71 bits per heavy atom. The minimum absolute atomic E-state index is 0.602. The SMILES string of the molecule is CCC(c1ccccc1)C(CCC(C)C)NC. The smallest absolute Gasteiger partial charge is 0.0133 e. The van der Waals surface area contributed by atoms with E-state index in [0.29, 0.717) is 12.0 Å². The summed E-state index contributed by atoms with van der Waals surface area (Å²) in [6, 6.07) is 11.5. The summed E-state index contributed by atoms with van der Waals surface area (Å²) in [5.41, 5.74) is 1.47. The predicted molar refractivity (Wildman–Crippen MR) is 76.4 cm³/mol. The van der Waals surface area contributed by atoms with Crippen molar-refractivity contribution in [3.8, 4) is 0 Å². The average molecular weight is 233 g/mol. The Bertz CT molecular complexity index is 292. The van der Waals surface area contributed by atoms with E-state index < -0.39 is 0 Å². The van der Waals surface area contributed by atoms with Crippen LogP contribution in [0.25, 0.3) is 0 Å². The quantitative estimate of drug-likeness (QED) is 0.744. The van der Waals surface area contributed by atoms with Crippen molar-refractivity contribution < 1.29 is 0 Å². The fourth-order valence-corrected chi connectivity index (χ4v) is 2.51. The minimum Gasteiger partial charge on any atom is -0.316 e. The van der Waals surface area contributed by atoms with Gasteiger partial charge in [-0.2, -0.15) is 0 Å². The summed E-state index contributed by atoms with van der Waals surface area (Å²) in [5, 5.41) is 3.51. The van der Waals surface area contributed by atoms with Gasteiger partial charge in [0.05, 0.1) is 0 Å². The Morgan fingerprint density at radius 3 is 2.18 bits per heavy atom. The fourth-order valence-electron chi connectivity index (χ4n) is 2.51. The van der Waals surface area contributed by atoms with Crippen LogP contribution >= 0.6 is 0 Å². The molecule has 0 radical (unpaired) electrons. The van der Waals surface area contributed by atoms with Gasteiger partial charge in [0, 0.05) is 6.04 Å². The molecule has 1 nitrogen and oxygen atoms in total. The third-order valence-corrected chi connectivity index (χ3v) is 3.58. The number of rotatable bonds is 7. The highest BCUT2D eigenvalue weighted by molar-refractivity contribution is 5.21. The topological polar surface area (TPSA) is 12.0 Å². The Hall–Kier alpha value is -0.820. The van der Waals surface area contributed by atoms with E-state index in [9.17, 15) is 0 Å². The summed E-state index contributed by atoms with van der Waals surface area (Å²) in [6.07, 6.45) is 3.77. The summed E-state index contributed by atoms with van der Waals surface area (Å²) in [7, 11) is 2.09. The Morgan fingerprint density at radius 1 is 1.06 bits per heavy atom. The third-order valence-electron chi connectivity index (χ3n) is 3.58. The van der Waals surface area contributed by atoms with E-state index in [2.05, 4.69) is 63.5 Å². The fraction of sp³-hybridized carbons (Fsp3) is 0.625. The lowest BCUT2D eigenvalue weighted by molar-refractivity contribution is 0.389. The standard InChI is InChI=1S/C16H27N/c1-5-15(14-9-7-6-8-10-14)16(17-4)12-11-13(2)3/h6-10,13,15-17H,5,11-12H2,1-4H3. The van der Waals surface area contributed by atoms with Crippen LogP contribution in [0, 0.1) is 5.92 Å². The van der Waals surface area contributed by atoms with Crippen molar-refractivity contribution in [1.82, 2.24) is 5.32 Å². The largest absolute Gasteiger partial charge is 0.316 e. The van der Waals surface area contributed by atoms with Gasteiger partial charge in [0.15, 0.2) is 0 Å². The van der Waals surface area contributed by atoms with Gasteiger partial charge in [0.2, 0.25) is 0 Å². The highest BCUT2D eigenvalue weighted by Crippen LogP contribution is 2.26. The van der Waals surface area contributed by atoms with Crippen molar-refractivity contribution in [2.45, 2.75) is 52.0 Å². The molecule has 0 bridgehead atoms. The molecule has 1 N–H and O–H groups in total. The molecule has 1 rings (SSSR count). The van der Waals surface area contributed by atoms with Crippen LogP contribution in [0.2, 0.25) is 0 Å². The first-order chi connectivity index (χ1) is 8.19. The van der Waals surface area contributed by atoms with Crippen LogP contribution in [0.3, 0.4) is 0 Å². The van der Waals surface area contributed by atoms with Crippen LogP contribution in [-0.2, 0) is 0 Å². The maximum absolute atomic E-state index is 3.51. The zero-order valence-electron chi connectivity index (χ0n) is 11.7. The molecular weight excluding hydrogens is 206 g/mol. The lowest BCUT2D eigenvalue weighted by Crippen LogP contribution is -2.32. The monoisotopic (exact) mass is 233 g/mol. The summed E-state index contributed by atoms with van der Waals surface area (Å²) in [6.45, 7) is 6.89. The van der Waals surface area contributed by atoms with Gasteiger partial charge < -0.3 is 5.32 Å². The molecule has 96 valence electrons. The van der Waals surface area contributed by atoms with Crippen molar-refractivity contribution in [3.63, 3.8) is 0 Å². The Labute approximate surface area is 107 Å². The van der Waals surface area contributed by atoms with E-state index in [4.69, 9.17) is 0 Å². The summed E-state index contributed by atoms with van der Waals surface area (Å²) >= 11 is 0. The van der Waals surface area contributed by atoms with Gasteiger partial charge in [-0.25, -0.2) is 0 Å². The molecule has 17 heavy (non-hydrogen) atoms. The van der Waals surface area contributed by atoms with Gasteiger partial charge in [0.25, 0.3) is 0 Å². The first kappa shape index (κ1) is 14.2. The first-order valence-electron chi connectivity index (χ1n) is 6.91. The molecule has 2 atom stereocenters. The molecule has 0 saturated carbocycles. The Kier molecular flexibility index (Phi) is 6.28. The van der Waals surface area contributed by atoms with E-state index in [0.717, 1.165) is 5.92 Å². The molecule has 2 unspecified atom stereocenters. The normalized spacial score (nSPS) is 14.9. The highest BCUT2D eigenvalue weighted by atomic mass is 14.9. The maximum Gasteiger partial charge on any atom is 0.0133 e. The lowest BCUT2D eigenvalue weighted by atomic mass is 9.85. The zero-order chi connectivity index (χ0) is 12.7. The lowest BCUT2D eigenvalue weighted by Gasteiger charge is -2.27. The summed E-state index contributed by atoms with van der Waals surface area (Å²) < 4.78 is 0. The molecule has 0 amide bonds. The molecule has 0 spiro atoms. The summed E-state index contributed by atoms with van der Waals surface area (Å²) in [5.74, 6) is 1.43. The van der Waals surface area contributed by atoms with Gasteiger partial charge in [-0.3, -0.25) is 0 Å². The van der Waals surface area contributed by atoms with Crippen LogP contribution in [-0.4, -0.2) is 13.1 Å². The molecule has 0 aliphatic heterocycles. The molecule has 0 fully saturated rings. The van der Waals surface area contributed by atoms with E-state index in [1.54, 1.807) is 0 Å². The van der Waals surface area contributed by atoms with Gasteiger partial charge in [-0.15, -0.1) is 0 Å². The van der Waals surface area contributed by atoms with Crippen molar-refractivity contribution in [2.24, 2.45) is 5.92 Å². The summed E-state index contributed by atoms with van der Waals surface area (Å²) in [4.78, 5) is 0. The minimum atomic E-state index is 0.602. The highest BCUT2D eigenvalue weighted by Gasteiger charge is 2.19. The molecule has 1 heteroatoms. The van der Waals surface area contributed by atoms with Crippen molar-refractivity contribution in [1.29, 1.82) is 0 Å². The van der Waals surface area contributed by atoms with Crippen LogP contribution in [0.4, 0.5) is 0 Å². The number of hydrogen-bond donors (Lipinski definition) is 1. The van der Waals surface area contributed by atoms with Crippen LogP contribution in [0.1, 0.15) is 51.5 Å². The van der Waals surface area contributed by atoms with Gasteiger partial charge in [-0.05, 0) is 43.7 Å². The molecule has 1 aromatic carbocycles. The molecule has 1 aromatic rings. The van der Waals surface area contributed by atoms with Crippen molar-refractivity contribution in [3.05, 3.63) is 35.9 Å². The second kappa shape index (κ2) is 7.50. The zero-order valence-corrected chi connectivity index (χ0v) is 11.7. The van der Waals surface area contributed by atoms with E-state index >= 15 is 0 Å². The first-order valence-corrected chi connectivity index (χ1v) is 6.91. The predicted octanol–water partition coefficient (Wildman–Crippen LogP) is 4.20. The molecule has 0 aromatic heterocycles. The van der Waals surface area contributed by atoms with Gasteiger partial charge in [-0.1, -0.05) is 51.1 Å². The number of likely N-dealkylation sites (N-methyl/N-ethyl adjacent to an activating group) is 1. The number of benzene rings is 1. The van der Waals surface area contributed by atoms with E-state index in [1.807, 2.05) is 0 Å². The molecule has 0 aliphatic carbocycles.